The Bertz CT molecular complexity index is 1430. The van der Waals surface area contributed by atoms with Gasteiger partial charge in [0.25, 0.3) is 0 Å². The fourth-order valence-electron chi connectivity index (χ4n) is 6.66. The zero-order chi connectivity index (χ0) is 28.3. The normalized spacial score (nSPS) is 21.9. The highest BCUT2D eigenvalue weighted by Crippen LogP contribution is 2.32. The minimum absolute atomic E-state index is 0.0807. The number of likely N-dealkylation sites (tertiary alicyclic amines) is 2. The molecule has 3 aliphatic rings. The van der Waals surface area contributed by atoms with Crippen LogP contribution in [0.25, 0.3) is 22.3 Å². The molecule has 41 heavy (non-hydrogen) atoms. The summed E-state index contributed by atoms with van der Waals surface area (Å²) in [6, 6.07) is 10.4. The second-order valence-electron chi connectivity index (χ2n) is 11.9. The maximum atomic E-state index is 12.9. The lowest BCUT2D eigenvalue weighted by atomic mass is 9.93. The molecule has 0 bridgehead atoms. The molecule has 1 amide bonds. The highest BCUT2D eigenvalue weighted by molar-refractivity contribution is 5.91. The molecule has 3 fully saturated rings. The Morgan fingerprint density at radius 1 is 1.12 bits per heavy atom. The van der Waals surface area contributed by atoms with Gasteiger partial charge >= 0.3 is 0 Å². The lowest BCUT2D eigenvalue weighted by Crippen LogP contribution is -2.47. The van der Waals surface area contributed by atoms with Crippen LogP contribution in [-0.2, 0) is 16.1 Å². The number of rotatable bonds is 8. The van der Waals surface area contributed by atoms with Crippen LogP contribution in [0.15, 0.2) is 30.5 Å². The van der Waals surface area contributed by atoms with E-state index in [1.165, 1.54) is 0 Å². The van der Waals surface area contributed by atoms with E-state index in [9.17, 15) is 10.1 Å². The van der Waals surface area contributed by atoms with Gasteiger partial charge in [-0.1, -0.05) is 0 Å². The van der Waals surface area contributed by atoms with Crippen molar-refractivity contribution in [2.45, 2.75) is 70.6 Å². The molecule has 1 aromatic carbocycles. The Morgan fingerprint density at radius 3 is 2.68 bits per heavy atom. The summed E-state index contributed by atoms with van der Waals surface area (Å²) in [7, 11) is 2.07. The maximum absolute atomic E-state index is 12.9. The summed E-state index contributed by atoms with van der Waals surface area (Å²) in [5.74, 6) is 1.93. The van der Waals surface area contributed by atoms with Crippen molar-refractivity contribution in [1.29, 1.82) is 5.26 Å². The maximum Gasteiger partial charge on any atom is 0.239 e. The number of benzene rings is 1. The number of piperidine rings is 1. The number of aromatic nitrogens is 3. The van der Waals surface area contributed by atoms with Crippen molar-refractivity contribution in [2.24, 2.45) is 5.92 Å². The number of likely N-dealkylation sites (N-methyl/N-ethyl adjacent to an activating group) is 1. The summed E-state index contributed by atoms with van der Waals surface area (Å²) in [5, 5.41) is 10.6. The van der Waals surface area contributed by atoms with Gasteiger partial charge in [-0.2, -0.15) is 5.26 Å². The molecule has 0 spiro atoms. The van der Waals surface area contributed by atoms with E-state index in [4.69, 9.17) is 9.47 Å². The Kier molecular flexibility index (Phi) is 8.22. The number of hydrogen-bond acceptors (Lipinski definition) is 7. The molecule has 3 saturated heterocycles. The van der Waals surface area contributed by atoms with Crippen molar-refractivity contribution in [2.75, 3.05) is 39.9 Å². The van der Waals surface area contributed by atoms with E-state index in [1.54, 1.807) is 0 Å². The van der Waals surface area contributed by atoms with Gasteiger partial charge in [0.2, 0.25) is 11.7 Å². The van der Waals surface area contributed by atoms with E-state index >= 15 is 0 Å². The summed E-state index contributed by atoms with van der Waals surface area (Å²) in [4.78, 5) is 26.3. The molecule has 0 aliphatic carbocycles. The molecule has 2 aromatic heterocycles. The predicted molar refractivity (Wildman–Crippen MR) is 156 cm³/mol. The third-order valence-corrected chi connectivity index (χ3v) is 9.11. The number of aryl methyl sites for hydroxylation is 1. The van der Waals surface area contributed by atoms with Gasteiger partial charge in [-0.25, -0.2) is 9.97 Å². The van der Waals surface area contributed by atoms with Crippen LogP contribution in [0.3, 0.4) is 0 Å². The Balaban J connectivity index is 1.07. The Labute approximate surface area is 242 Å². The van der Waals surface area contributed by atoms with Crippen LogP contribution in [0.1, 0.15) is 56.3 Å². The third-order valence-electron chi connectivity index (χ3n) is 9.11. The van der Waals surface area contributed by atoms with E-state index < -0.39 is 0 Å². The highest BCUT2D eigenvalue weighted by atomic mass is 16.5. The molecule has 6 rings (SSSR count). The van der Waals surface area contributed by atoms with Gasteiger partial charge in [0.1, 0.15) is 17.5 Å². The van der Waals surface area contributed by atoms with E-state index in [2.05, 4.69) is 50.4 Å². The number of fused-ring (bicyclic) bond motifs is 1. The van der Waals surface area contributed by atoms with Crippen molar-refractivity contribution in [1.82, 2.24) is 24.3 Å². The van der Waals surface area contributed by atoms with Crippen molar-refractivity contribution < 1.29 is 14.3 Å². The summed E-state index contributed by atoms with van der Waals surface area (Å²) in [6.07, 6.45) is 9.51. The van der Waals surface area contributed by atoms with Gasteiger partial charge in [-0.05, 0) is 101 Å². The lowest BCUT2D eigenvalue weighted by molar-refractivity contribution is -0.137. The number of nitriles is 1. The van der Waals surface area contributed by atoms with Crippen LogP contribution in [0, 0.1) is 24.2 Å². The molecule has 216 valence electrons. The molecule has 1 unspecified atom stereocenters. The molecule has 3 aliphatic heterocycles. The molecule has 0 radical (unpaired) electrons. The number of amides is 1. The monoisotopic (exact) mass is 556 g/mol. The molecule has 9 heteroatoms. The van der Waals surface area contributed by atoms with Crippen molar-refractivity contribution in [3.8, 4) is 23.1 Å². The molecule has 0 saturated carbocycles. The van der Waals surface area contributed by atoms with E-state index in [0.29, 0.717) is 18.4 Å². The summed E-state index contributed by atoms with van der Waals surface area (Å²) >= 11 is 0. The van der Waals surface area contributed by atoms with Crippen LogP contribution in [0.5, 0.6) is 5.75 Å². The second-order valence-corrected chi connectivity index (χ2v) is 11.9. The molecule has 2 atom stereocenters. The van der Waals surface area contributed by atoms with Crippen molar-refractivity contribution in [3.05, 3.63) is 41.9 Å². The number of nitrogens with zero attached hydrogens (tertiary/aromatic N) is 6. The van der Waals surface area contributed by atoms with Gasteiger partial charge < -0.3 is 18.9 Å². The van der Waals surface area contributed by atoms with Crippen LogP contribution in [0.4, 0.5) is 0 Å². The number of carbonyl (C=O) groups is 1. The first-order valence-corrected chi connectivity index (χ1v) is 15.1. The van der Waals surface area contributed by atoms with E-state index in [0.717, 1.165) is 111 Å². The van der Waals surface area contributed by atoms with Crippen LogP contribution >= 0.6 is 0 Å². The van der Waals surface area contributed by atoms with Gasteiger partial charge in [0.15, 0.2) is 0 Å². The van der Waals surface area contributed by atoms with Crippen LogP contribution in [0.2, 0.25) is 0 Å². The highest BCUT2D eigenvalue weighted by Gasteiger charge is 2.33. The summed E-state index contributed by atoms with van der Waals surface area (Å²) in [6.45, 7) is 6.98. The molecule has 0 N–H and O–H groups in total. The Hall–Kier alpha value is -3.48. The van der Waals surface area contributed by atoms with Gasteiger partial charge in [-0.15, -0.1) is 0 Å². The van der Waals surface area contributed by atoms with Gasteiger partial charge in [0.05, 0.1) is 31.0 Å². The standard InChI is InChI=1S/C32H40N6O3/c1-22-19-24(30-26-11-16-38(21-25-5-4-17-40-25)31(26)35-29(20-33)34-30)7-8-28(22)41-18-12-23-9-14-37(15-10-23)32(39)27-6-3-13-36(27)2/h7-8,11,16,19,23,25,27H,3-6,9-10,12-15,17-18,21H2,1-2H3/t25?,27-/m0/s1. The summed E-state index contributed by atoms with van der Waals surface area (Å²) < 4.78 is 14.1. The van der Waals surface area contributed by atoms with Crippen LogP contribution < -0.4 is 4.74 Å². The van der Waals surface area contributed by atoms with Gasteiger partial charge in [0, 0.05) is 36.8 Å². The average molecular weight is 557 g/mol. The third kappa shape index (κ3) is 5.95. The first kappa shape index (κ1) is 27.7. The zero-order valence-corrected chi connectivity index (χ0v) is 24.2. The largest absolute Gasteiger partial charge is 0.493 e. The first-order chi connectivity index (χ1) is 20.0. The fraction of sp³-hybridized carbons (Fsp3) is 0.562. The fourth-order valence-corrected chi connectivity index (χ4v) is 6.66. The molecular formula is C32H40N6O3. The predicted octanol–water partition coefficient (Wildman–Crippen LogP) is 4.56. The minimum atomic E-state index is 0.0807. The van der Waals surface area contributed by atoms with Crippen molar-refractivity contribution >= 4 is 16.9 Å². The van der Waals surface area contributed by atoms with Gasteiger partial charge in [-0.3, -0.25) is 9.69 Å². The smallest absolute Gasteiger partial charge is 0.239 e. The SMILES string of the molecule is Cc1cc(-c2nc(C#N)nc3c2ccn3CC2CCCO2)ccc1OCCC1CCN(C(=O)[C@@H]2CCCN2C)CC1. The minimum Gasteiger partial charge on any atom is -0.493 e. The molecule has 3 aromatic rings. The quantitative estimate of drug-likeness (QED) is 0.401. The zero-order valence-electron chi connectivity index (χ0n) is 24.2. The first-order valence-electron chi connectivity index (χ1n) is 15.1. The van der Waals surface area contributed by atoms with Crippen molar-refractivity contribution in [3.63, 3.8) is 0 Å². The van der Waals surface area contributed by atoms with Crippen LogP contribution in [-0.4, -0.2) is 82.3 Å². The van der Waals surface area contributed by atoms with E-state index in [1.807, 2.05) is 24.4 Å². The summed E-state index contributed by atoms with van der Waals surface area (Å²) in [5.41, 5.74) is 3.51. The molecule has 9 nitrogen and oxygen atoms in total. The second kappa shape index (κ2) is 12.2. The number of carbonyl (C=O) groups excluding carboxylic acids is 1. The van der Waals surface area contributed by atoms with E-state index in [-0.39, 0.29) is 18.0 Å². The topological polar surface area (TPSA) is 96.5 Å². The Morgan fingerprint density at radius 2 is 1.98 bits per heavy atom. The lowest BCUT2D eigenvalue weighted by Gasteiger charge is -2.34. The number of hydrogen-bond donors (Lipinski definition) is 0. The number of ether oxygens (including phenoxy) is 2. The average Bonchev–Trinajstić information content (AvgIpc) is 3.76. The molecular weight excluding hydrogens is 516 g/mol. The molecule has 5 heterocycles.